The second kappa shape index (κ2) is 12.1. The van der Waals surface area contributed by atoms with Crippen LogP contribution in [0.1, 0.15) is 119 Å². The number of hydrogen-bond acceptors (Lipinski definition) is 1. The van der Waals surface area contributed by atoms with Gasteiger partial charge < -0.3 is 0 Å². The summed E-state index contributed by atoms with van der Waals surface area (Å²) < 4.78 is 15.1. The zero-order valence-electron chi connectivity index (χ0n) is 21.3. The summed E-state index contributed by atoms with van der Waals surface area (Å²) in [5, 5.41) is 0. The van der Waals surface area contributed by atoms with E-state index in [0.29, 0.717) is 23.8 Å². The summed E-state index contributed by atoms with van der Waals surface area (Å²) in [6.45, 7) is 4.53. The van der Waals surface area contributed by atoms with Crippen LogP contribution in [0.25, 0.3) is 11.1 Å². The van der Waals surface area contributed by atoms with Gasteiger partial charge in [-0.15, -0.1) is 0 Å². The van der Waals surface area contributed by atoms with Crippen molar-refractivity contribution in [1.29, 1.82) is 0 Å². The van der Waals surface area contributed by atoms with Gasteiger partial charge in [0.15, 0.2) is 5.78 Å². The number of hydrogen-bond donors (Lipinski definition) is 0. The number of carbonyl (C=O) groups excluding carboxylic acids is 1. The van der Waals surface area contributed by atoms with Crippen LogP contribution in [0.15, 0.2) is 42.5 Å². The summed E-state index contributed by atoms with van der Waals surface area (Å²) in [6.07, 6.45) is 15.7. The van der Waals surface area contributed by atoms with Crippen LogP contribution in [0.2, 0.25) is 0 Å². The highest BCUT2D eigenvalue weighted by Gasteiger charge is 2.24. The lowest BCUT2D eigenvalue weighted by molar-refractivity contribution is 0.0942. The Morgan fingerprint density at radius 2 is 1.32 bits per heavy atom. The molecule has 0 atom stereocenters. The molecule has 2 aliphatic rings. The third-order valence-corrected chi connectivity index (χ3v) is 8.66. The summed E-state index contributed by atoms with van der Waals surface area (Å²) in [7, 11) is 0. The van der Waals surface area contributed by atoms with Crippen LogP contribution >= 0.6 is 0 Å². The van der Waals surface area contributed by atoms with E-state index in [0.717, 1.165) is 28.5 Å². The van der Waals surface area contributed by atoms with Gasteiger partial charge in [0, 0.05) is 17.5 Å². The van der Waals surface area contributed by atoms with E-state index in [9.17, 15) is 4.79 Å². The van der Waals surface area contributed by atoms with Gasteiger partial charge in [-0.25, -0.2) is 4.39 Å². The van der Waals surface area contributed by atoms with Crippen LogP contribution in [-0.2, 0) is 0 Å². The average Bonchev–Trinajstić information content (AvgIpc) is 2.86. The van der Waals surface area contributed by atoms with Gasteiger partial charge >= 0.3 is 0 Å². The number of rotatable bonds is 9. The van der Waals surface area contributed by atoms with E-state index in [1.807, 2.05) is 30.3 Å². The highest BCUT2D eigenvalue weighted by Crippen LogP contribution is 2.39. The SMILES string of the molecule is CCCC1CCC(CC(=O)c2ccc(-c3ccc([C@H]4CC[C@H](CCC)CC4)cc3F)cc2)CC1. The molecule has 4 rings (SSSR count). The summed E-state index contributed by atoms with van der Waals surface area (Å²) in [6, 6.07) is 13.4. The molecule has 2 aromatic rings. The molecule has 0 aromatic heterocycles. The van der Waals surface area contributed by atoms with Crippen LogP contribution in [-0.4, -0.2) is 5.78 Å². The quantitative estimate of drug-likeness (QED) is 0.339. The third kappa shape index (κ3) is 6.37. The second-order valence-corrected chi connectivity index (χ2v) is 11.1. The molecule has 0 heterocycles. The van der Waals surface area contributed by atoms with Crippen molar-refractivity contribution < 1.29 is 9.18 Å². The largest absolute Gasteiger partial charge is 0.294 e. The van der Waals surface area contributed by atoms with Crippen LogP contribution in [0.4, 0.5) is 4.39 Å². The van der Waals surface area contributed by atoms with Gasteiger partial charge in [-0.2, -0.15) is 0 Å². The first kappa shape index (κ1) is 25.1. The minimum atomic E-state index is -0.143. The molecule has 0 N–H and O–H groups in total. The molecule has 0 bridgehead atoms. The van der Waals surface area contributed by atoms with Crippen molar-refractivity contribution in [2.24, 2.45) is 17.8 Å². The maximum atomic E-state index is 15.1. The molecular formula is C32H43FO. The molecule has 184 valence electrons. The Hall–Kier alpha value is -1.96. The molecular weight excluding hydrogens is 419 g/mol. The van der Waals surface area contributed by atoms with Gasteiger partial charge in [-0.05, 0) is 79.4 Å². The molecule has 0 unspecified atom stereocenters. The zero-order valence-corrected chi connectivity index (χ0v) is 21.3. The highest BCUT2D eigenvalue weighted by molar-refractivity contribution is 5.96. The number of ketones is 1. The lowest BCUT2D eigenvalue weighted by atomic mass is 9.77. The predicted octanol–water partition coefficient (Wildman–Crippen LogP) is 9.75. The van der Waals surface area contributed by atoms with Gasteiger partial charge in [0.1, 0.15) is 5.82 Å². The lowest BCUT2D eigenvalue weighted by Crippen LogP contribution is -2.17. The van der Waals surface area contributed by atoms with Crippen molar-refractivity contribution in [2.45, 2.75) is 103 Å². The van der Waals surface area contributed by atoms with Crippen LogP contribution in [0.3, 0.4) is 0 Å². The molecule has 1 nitrogen and oxygen atoms in total. The van der Waals surface area contributed by atoms with Crippen molar-refractivity contribution in [2.75, 3.05) is 0 Å². The monoisotopic (exact) mass is 462 g/mol. The molecule has 0 saturated heterocycles. The van der Waals surface area contributed by atoms with E-state index in [4.69, 9.17) is 0 Å². The fourth-order valence-electron chi connectivity index (χ4n) is 6.56. The van der Waals surface area contributed by atoms with E-state index >= 15 is 4.39 Å². The lowest BCUT2D eigenvalue weighted by Gasteiger charge is -2.28. The smallest absolute Gasteiger partial charge is 0.163 e. The molecule has 2 saturated carbocycles. The Labute approximate surface area is 206 Å². The van der Waals surface area contributed by atoms with Crippen LogP contribution in [0.5, 0.6) is 0 Å². The Balaban J connectivity index is 1.34. The summed E-state index contributed by atoms with van der Waals surface area (Å²) >= 11 is 0. The Morgan fingerprint density at radius 3 is 1.88 bits per heavy atom. The second-order valence-electron chi connectivity index (χ2n) is 11.1. The first-order valence-electron chi connectivity index (χ1n) is 14.0. The number of benzene rings is 2. The standard InChI is InChI=1S/C32H43FO/c1-3-5-23-7-9-25(10-8-23)21-32(34)28-17-15-27(16-18-28)30-20-19-29(22-31(30)33)26-13-11-24(6-4-2)12-14-26/h15-20,22-26H,3-14,21H2,1-2H3/t23?,24-,25?,26-. The molecule has 2 heteroatoms. The fraction of sp³-hybridized carbons (Fsp3) is 0.594. The van der Waals surface area contributed by atoms with E-state index < -0.39 is 0 Å². The minimum absolute atomic E-state index is 0.143. The average molecular weight is 463 g/mol. The molecule has 2 aromatic carbocycles. The van der Waals surface area contributed by atoms with Gasteiger partial charge in [0.25, 0.3) is 0 Å². The molecule has 0 amide bonds. The van der Waals surface area contributed by atoms with Crippen molar-refractivity contribution in [3.63, 3.8) is 0 Å². The zero-order chi connectivity index (χ0) is 23.9. The molecule has 0 aliphatic heterocycles. The first-order valence-corrected chi connectivity index (χ1v) is 14.0. The fourth-order valence-corrected chi connectivity index (χ4v) is 6.56. The Kier molecular flexibility index (Phi) is 8.98. The number of halogens is 1. The highest BCUT2D eigenvalue weighted by atomic mass is 19.1. The maximum absolute atomic E-state index is 15.1. The molecule has 2 fully saturated rings. The van der Waals surface area contributed by atoms with Crippen molar-refractivity contribution in [1.82, 2.24) is 0 Å². The van der Waals surface area contributed by atoms with Crippen molar-refractivity contribution in [3.05, 3.63) is 59.4 Å². The van der Waals surface area contributed by atoms with Gasteiger partial charge in [-0.3, -0.25) is 4.79 Å². The van der Waals surface area contributed by atoms with Crippen molar-refractivity contribution >= 4 is 5.78 Å². The van der Waals surface area contributed by atoms with Crippen LogP contribution < -0.4 is 0 Å². The van der Waals surface area contributed by atoms with Crippen LogP contribution in [0, 0.1) is 23.6 Å². The van der Waals surface area contributed by atoms with E-state index in [-0.39, 0.29) is 11.6 Å². The van der Waals surface area contributed by atoms with Gasteiger partial charge in [0.2, 0.25) is 0 Å². The summed E-state index contributed by atoms with van der Waals surface area (Å²) in [5.41, 5.74) is 3.40. The topological polar surface area (TPSA) is 17.1 Å². The number of Topliss-reactive ketones (excluding diaryl/α,β-unsaturated/α-hetero) is 1. The van der Waals surface area contributed by atoms with Gasteiger partial charge in [0.05, 0.1) is 0 Å². The van der Waals surface area contributed by atoms with Crippen molar-refractivity contribution in [3.8, 4) is 11.1 Å². The van der Waals surface area contributed by atoms with E-state index in [2.05, 4.69) is 19.9 Å². The molecule has 2 aliphatic carbocycles. The first-order chi connectivity index (χ1) is 16.6. The minimum Gasteiger partial charge on any atom is -0.294 e. The Bertz CT molecular complexity index is 915. The summed E-state index contributed by atoms with van der Waals surface area (Å²) in [5.74, 6) is 2.85. The normalized spacial score (nSPS) is 25.3. The predicted molar refractivity (Wildman–Crippen MR) is 141 cm³/mol. The van der Waals surface area contributed by atoms with Gasteiger partial charge in [-0.1, -0.05) is 88.8 Å². The third-order valence-electron chi connectivity index (χ3n) is 8.66. The number of carbonyl (C=O) groups is 1. The maximum Gasteiger partial charge on any atom is 0.163 e. The molecule has 34 heavy (non-hydrogen) atoms. The molecule has 0 radical (unpaired) electrons. The molecule has 0 spiro atoms. The van der Waals surface area contributed by atoms with E-state index in [1.165, 1.54) is 77.0 Å². The summed E-state index contributed by atoms with van der Waals surface area (Å²) in [4.78, 5) is 12.8. The Morgan fingerprint density at radius 1 is 0.765 bits per heavy atom. The van der Waals surface area contributed by atoms with E-state index in [1.54, 1.807) is 6.07 Å².